The minimum Gasteiger partial charge on any atom is -0.494 e. The largest absolute Gasteiger partial charge is 0.494 e. The standard InChI is InChI=1S/C19H21FN2O3/c1-25-17-7-6-13(10-16(17)20)18(14-4-2-8-21-11-14)22-9-3-5-15(12-22)19(23)24/h2,4,6-8,10-11,15,18H,3,5,9,12H2,1H3,(H,23,24). The summed E-state index contributed by atoms with van der Waals surface area (Å²) >= 11 is 0. The Morgan fingerprint density at radius 1 is 1.40 bits per heavy atom. The van der Waals surface area contributed by atoms with Gasteiger partial charge in [0, 0.05) is 18.9 Å². The van der Waals surface area contributed by atoms with E-state index in [1.165, 1.54) is 13.2 Å². The van der Waals surface area contributed by atoms with Crippen LogP contribution in [0.3, 0.4) is 0 Å². The summed E-state index contributed by atoms with van der Waals surface area (Å²) in [5.41, 5.74) is 1.68. The van der Waals surface area contributed by atoms with Crippen molar-refractivity contribution >= 4 is 5.97 Å². The molecule has 1 aliphatic rings. The van der Waals surface area contributed by atoms with E-state index in [0.717, 1.165) is 24.1 Å². The van der Waals surface area contributed by atoms with Crippen molar-refractivity contribution < 1.29 is 19.0 Å². The molecule has 0 saturated carbocycles. The lowest BCUT2D eigenvalue weighted by atomic mass is 9.92. The van der Waals surface area contributed by atoms with E-state index in [2.05, 4.69) is 9.88 Å². The number of carboxylic acids is 1. The molecular weight excluding hydrogens is 323 g/mol. The van der Waals surface area contributed by atoms with Gasteiger partial charge in [0.25, 0.3) is 0 Å². The van der Waals surface area contributed by atoms with Crippen LogP contribution < -0.4 is 4.74 Å². The van der Waals surface area contributed by atoms with Gasteiger partial charge in [0.2, 0.25) is 0 Å². The normalized spacial score (nSPS) is 19.4. The number of rotatable bonds is 5. The Balaban J connectivity index is 1.98. The van der Waals surface area contributed by atoms with Gasteiger partial charge >= 0.3 is 5.97 Å². The molecule has 0 aliphatic carbocycles. The molecule has 1 fully saturated rings. The van der Waals surface area contributed by atoms with Crippen molar-refractivity contribution in [1.29, 1.82) is 0 Å². The zero-order valence-corrected chi connectivity index (χ0v) is 14.1. The lowest BCUT2D eigenvalue weighted by Crippen LogP contribution is -2.41. The molecule has 1 N–H and O–H groups in total. The van der Waals surface area contributed by atoms with Crippen molar-refractivity contribution in [3.63, 3.8) is 0 Å². The van der Waals surface area contributed by atoms with Gasteiger partial charge < -0.3 is 9.84 Å². The smallest absolute Gasteiger partial charge is 0.307 e. The van der Waals surface area contributed by atoms with Crippen LogP contribution in [0.4, 0.5) is 4.39 Å². The fourth-order valence-corrected chi connectivity index (χ4v) is 3.45. The van der Waals surface area contributed by atoms with Crippen LogP contribution in [0, 0.1) is 11.7 Å². The van der Waals surface area contributed by atoms with Crippen molar-refractivity contribution in [2.24, 2.45) is 5.92 Å². The Kier molecular flexibility index (Phi) is 5.28. The Labute approximate surface area is 146 Å². The first-order valence-electron chi connectivity index (χ1n) is 8.30. The van der Waals surface area contributed by atoms with Crippen LogP contribution in [-0.2, 0) is 4.79 Å². The molecule has 132 valence electrons. The van der Waals surface area contributed by atoms with E-state index < -0.39 is 17.7 Å². The minimum atomic E-state index is -0.782. The number of likely N-dealkylation sites (tertiary alicyclic amines) is 1. The molecule has 3 rings (SSSR count). The zero-order chi connectivity index (χ0) is 17.8. The second-order valence-corrected chi connectivity index (χ2v) is 6.26. The number of nitrogens with zero attached hydrogens (tertiary/aromatic N) is 2. The summed E-state index contributed by atoms with van der Waals surface area (Å²) in [7, 11) is 1.43. The molecule has 2 heterocycles. The van der Waals surface area contributed by atoms with E-state index in [-0.39, 0.29) is 11.8 Å². The van der Waals surface area contributed by atoms with E-state index in [1.54, 1.807) is 18.5 Å². The van der Waals surface area contributed by atoms with E-state index in [1.807, 2.05) is 18.2 Å². The van der Waals surface area contributed by atoms with Crippen LogP contribution in [0.2, 0.25) is 0 Å². The van der Waals surface area contributed by atoms with Gasteiger partial charge in [0.1, 0.15) is 0 Å². The highest BCUT2D eigenvalue weighted by atomic mass is 19.1. The molecule has 1 aromatic heterocycles. The van der Waals surface area contributed by atoms with Crippen LogP contribution in [0.15, 0.2) is 42.7 Å². The van der Waals surface area contributed by atoms with Crippen molar-refractivity contribution in [2.45, 2.75) is 18.9 Å². The molecule has 5 nitrogen and oxygen atoms in total. The summed E-state index contributed by atoms with van der Waals surface area (Å²) in [4.78, 5) is 17.7. The summed E-state index contributed by atoms with van der Waals surface area (Å²) < 4.78 is 19.2. The average molecular weight is 344 g/mol. The van der Waals surface area contributed by atoms with Crippen molar-refractivity contribution in [2.75, 3.05) is 20.2 Å². The van der Waals surface area contributed by atoms with Crippen LogP contribution in [0.5, 0.6) is 5.75 Å². The van der Waals surface area contributed by atoms with E-state index in [0.29, 0.717) is 13.0 Å². The number of pyridine rings is 1. The molecule has 0 amide bonds. The molecular formula is C19H21FN2O3. The number of piperidine rings is 1. The van der Waals surface area contributed by atoms with Crippen LogP contribution in [0.25, 0.3) is 0 Å². The lowest BCUT2D eigenvalue weighted by Gasteiger charge is -2.37. The van der Waals surface area contributed by atoms with E-state index in [4.69, 9.17) is 4.74 Å². The first-order valence-corrected chi connectivity index (χ1v) is 8.30. The summed E-state index contributed by atoms with van der Waals surface area (Å²) in [6.45, 7) is 1.19. The molecule has 1 saturated heterocycles. The van der Waals surface area contributed by atoms with Gasteiger partial charge in [-0.05, 0) is 48.7 Å². The highest BCUT2D eigenvalue weighted by Crippen LogP contribution is 2.34. The maximum absolute atomic E-state index is 14.2. The molecule has 2 unspecified atom stereocenters. The maximum Gasteiger partial charge on any atom is 0.307 e. The molecule has 0 radical (unpaired) electrons. The van der Waals surface area contributed by atoms with Crippen LogP contribution >= 0.6 is 0 Å². The molecule has 0 bridgehead atoms. The third-order valence-corrected chi connectivity index (χ3v) is 4.66. The highest BCUT2D eigenvalue weighted by Gasteiger charge is 2.31. The number of aliphatic carboxylic acids is 1. The van der Waals surface area contributed by atoms with Gasteiger partial charge in [0.15, 0.2) is 11.6 Å². The van der Waals surface area contributed by atoms with Gasteiger partial charge in [-0.2, -0.15) is 0 Å². The Morgan fingerprint density at radius 2 is 2.24 bits per heavy atom. The summed E-state index contributed by atoms with van der Waals surface area (Å²) in [6, 6.07) is 8.42. The van der Waals surface area contributed by atoms with Gasteiger partial charge in [-0.25, -0.2) is 4.39 Å². The SMILES string of the molecule is COc1ccc(C(c2cccnc2)N2CCCC(C(=O)O)C2)cc1F. The van der Waals surface area contributed by atoms with E-state index >= 15 is 0 Å². The molecule has 6 heteroatoms. The second kappa shape index (κ2) is 7.61. The topological polar surface area (TPSA) is 62.7 Å². The minimum absolute atomic E-state index is 0.191. The number of halogens is 1. The van der Waals surface area contributed by atoms with Crippen molar-refractivity contribution in [3.05, 3.63) is 59.7 Å². The third-order valence-electron chi connectivity index (χ3n) is 4.66. The highest BCUT2D eigenvalue weighted by molar-refractivity contribution is 5.70. The third kappa shape index (κ3) is 3.79. The monoisotopic (exact) mass is 344 g/mol. The number of ether oxygens (including phenoxy) is 1. The molecule has 2 aromatic rings. The fraction of sp³-hybridized carbons (Fsp3) is 0.368. The van der Waals surface area contributed by atoms with Crippen molar-refractivity contribution in [1.82, 2.24) is 9.88 Å². The molecule has 1 aliphatic heterocycles. The van der Waals surface area contributed by atoms with Gasteiger partial charge in [-0.15, -0.1) is 0 Å². The Morgan fingerprint density at radius 3 is 2.88 bits per heavy atom. The first-order chi connectivity index (χ1) is 12.1. The maximum atomic E-state index is 14.2. The van der Waals surface area contributed by atoms with Gasteiger partial charge in [-0.1, -0.05) is 12.1 Å². The summed E-state index contributed by atoms with van der Waals surface area (Å²) in [6.07, 6.45) is 4.90. The predicted molar refractivity (Wildman–Crippen MR) is 91.0 cm³/mol. The summed E-state index contributed by atoms with van der Waals surface area (Å²) in [5, 5.41) is 9.38. The first kappa shape index (κ1) is 17.4. The quantitative estimate of drug-likeness (QED) is 0.903. The predicted octanol–water partition coefficient (Wildman–Crippen LogP) is 3.12. The number of hydrogen-bond donors (Lipinski definition) is 1. The van der Waals surface area contributed by atoms with Crippen molar-refractivity contribution in [3.8, 4) is 5.75 Å². The van der Waals surface area contributed by atoms with E-state index in [9.17, 15) is 14.3 Å². The second-order valence-electron chi connectivity index (χ2n) is 6.26. The number of carboxylic acid groups (broad SMARTS) is 1. The lowest BCUT2D eigenvalue weighted by molar-refractivity contribution is -0.143. The van der Waals surface area contributed by atoms with Crippen LogP contribution in [0.1, 0.15) is 30.0 Å². The fourth-order valence-electron chi connectivity index (χ4n) is 3.45. The summed E-state index contributed by atoms with van der Waals surface area (Å²) in [5.74, 6) is -1.43. The molecule has 2 atom stereocenters. The Hall–Kier alpha value is -2.47. The molecule has 1 aromatic carbocycles. The number of hydrogen-bond acceptors (Lipinski definition) is 4. The van der Waals surface area contributed by atoms with Gasteiger partial charge in [-0.3, -0.25) is 14.7 Å². The molecule has 0 spiro atoms. The van der Waals surface area contributed by atoms with Crippen LogP contribution in [-0.4, -0.2) is 41.2 Å². The zero-order valence-electron chi connectivity index (χ0n) is 14.1. The molecule has 25 heavy (non-hydrogen) atoms. The number of carbonyl (C=O) groups is 1. The number of aromatic nitrogens is 1. The number of methoxy groups -OCH3 is 1. The number of benzene rings is 1. The average Bonchev–Trinajstić information content (AvgIpc) is 2.63. The Bertz CT molecular complexity index is 739. The van der Waals surface area contributed by atoms with Gasteiger partial charge in [0.05, 0.1) is 19.1 Å².